The molecule has 2 aromatic rings. The van der Waals surface area contributed by atoms with E-state index in [9.17, 15) is 26.4 Å². The van der Waals surface area contributed by atoms with Gasteiger partial charge in [0.25, 0.3) is 15.9 Å². The summed E-state index contributed by atoms with van der Waals surface area (Å²) < 4.78 is 67.3. The van der Waals surface area contributed by atoms with Crippen molar-refractivity contribution in [2.45, 2.75) is 23.4 Å². The summed E-state index contributed by atoms with van der Waals surface area (Å²) in [6.07, 6.45) is -3.60. The van der Waals surface area contributed by atoms with Crippen molar-refractivity contribution in [2.24, 2.45) is 4.99 Å². The van der Waals surface area contributed by atoms with Crippen molar-refractivity contribution in [3.8, 4) is 0 Å². The number of aryl methyl sites for hydroxylation is 1. The van der Waals surface area contributed by atoms with Gasteiger partial charge < -0.3 is 0 Å². The molecule has 0 radical (unpaired) electrons. The predicted octanol–water partition coefficient (Wildman–Crippen LogP) is 3.95. The van der Waals surface area contributed by atoms with E-state index in [-0.39, 0.29) is 18.0 Å². The Kier molecular flexibility index (Phi) is 7.06. The number of hydrogen-bond donors (Lipinski definition) is 1. The third kappa shape index (κ3) is 5.66. The Morgan fingerprint density at radius 1 is 1.24 bits per heavy atom. The lowest BCUT2D eigenvalue weighted by molar-refractivity contribution is -0.137. The first-order valence-corrected chi connectivity index (χ1v) is 11.6. The lowest BCUT2D eigenvalue weighted by atomic mass is 10.1. The Hall–Kier alpha value is -2.63. The molecule has 1 aromatic heterocycles. The van der Waals surface area contributed by atoms with Crippen LogP contribution in [0.1, 0.15) is 11.3 Å². The Balaban J connectivity index is 1.94. The molecule has 33 heavy (non-hydrogen) atoms. The third-order valence-corrected chi connectivity index (χ3v) is 6.51. The summed E-state index contributed by atoms with van der Waals surface area (Å²) in [5, 5.41) is -1.39. The van der Waals surface area contributed by atoms with Crippen LogP contribution < -0.4 is 9.62 Å². The maximum Gasteiger partial charge on any atom is 0.417 e. The number of pyridine rings is 1. The number of aliphatic imine (C=N–C) groups is 1. The normalized spacial score (nSPS) is 16.6. The lowest BCUT2D eigenvalue weighted by Crippen LogP contribution is -2.41. The molecule has 176 valence electrons. The van der Waals surface area contributed by atoms with E-state index in [0.29, 0.717) is 17.6 Å². The van der Waals surface area contributed by atoms with Crippen molar-refractivity contribution in [2.75, 3.05) is 18.5 Å². The summed E-state index contributed by atoms with van der Waals surface area (Å²) >= 11 is 11.6. The van der Waals surface area contributed by atoms with Gasteiger partial charge in [-0.1, -0.05) is 17.7 Å². The standard InChI is InChI=1S/C20H17Cl2F3N4O3S/c1-11-4-3-5-17(27-11)29(2)19(30)18-16(8-12(21)10-26-18)28-33(31,32)13-6-7-15(22)14(9-13)20(23,24)25/h3-9,12,28H,10H2,1-2H3. The summed E-state index contributed by atoms with van der Waals surface area (Å²) in [5.74, 6) is -0.386. The van der Waals surface area contributed by atoms with E-state index < -0.39 is 43.0 Å². The van der Waals surface area contributed by atoms with Crippen molar-refractivity contribution in [1.29, 1.82) is 0 Å². The second-order valence-corrected chi connectivity index (χ2v) is 9.68. The second kappa shape index (κ2) is 9.32. The van der Waals surface area contributed by atoms with Gasteiger partial charge in [0, 0.05) is 12.7 Å². The first-order valence-electron chi connectivity index (χ1n) is 9.31. The van der Waals surface area contributed by atoms with E-state index in [4.69, 9.17) is 23.2 Å². The molecule has 2 heterocycles. The van der Waals surface area contributed by atoms with E-state index in [1.54, 1.807) is 25.1 Å². The van der Waals surface area contributed by atoms with Crippen LogP contribution >= 0.6 is 23.2 Å². The van der Waals surface area contributed by atoms with E-state index in [1.165, 1.54) is 18.0 Å². The molecule has 0 bridgehead atoms. The molecule has 13 heteroatoms. The number of carbonyl (C=O) groups excluding carboxylic acids is 1. The van der Waals surface area contributed by atoms with Crippen molar-refractivity contribution >= 4 is 50.7 Å². The summed E-state index contributed by atoms with van der Waals surface area (Å²) in [6.45, 7) is 1.74. The molecule has 1 aliphatic heterocycles. The number of dihydropyridines is 1. The molecule has 1 aromatic carbocycles. The highest BCUT2D eigenvalue weighted by Gasteiger charge is 2.35. The lowest BCUT2D eigenvalue weighted by Gasteiger charge is -2.23. The Labute approximate surface area is 198 Å². The first-order chi connectivity index (χ1) is 15.3. The van der Waals surface area contributed by atoms with Crippen LogP contribution in [0.25, 0.3) is 0 Å². The van der Waals surface area contributed by atoms with E-state index in [1.807, 2.05) is 0 Å². The molecule has 1 unspecified atom stereocenters. The van der Waals surface area contributed by atoms with Gasteiger partial charge in [-0.15, -0.1) is 11.6 Å². The monoisotopic (exact) mass is 520 g/mol. The van der Waals surface area contributed by atoms with Gasteiger partial charge in [-0.3, -0.25) is 19.4 Å². The molecule has 1 aliphatic rings. The number of rotatable bonds is 5. The number of hydrogen-bond acceptors (Lipinski definition) is 5. The van der Waals surface area contributed by atoms with Gasteiger partial charge in [-0.2, -0.15) is 13.2 Å². The number of sulfonamides is 1. The molecule has 1 amide bonds. The predicted molar refractivity (Wildman–Crippen MR) is 119 cm³/mol. The molecule has 0 saturated carbocycles. The first kappa shape index (κ1) is 25.0. The van der Waals surface area contributed by atoms with Crippen molar-refractivity contribution in [1.82, 2.24) is 9.71 Å². The average molecular weight is 521 g/mol. The van der Waals surface area contributed by atoms with Gasteiger partial charge in [0.05, 0.1) is 33.1 Å². The fourth-order valence-electron chi connectivity index (χ4n) is 2.91. The Bertz CT molecular complexity index is 1260. The van der Waals surface area contributed by atoms with Gasteiger partial charge in [0.15, 0.2) is 0 Å². The number of carbonyl (C=O) groups is 1. The van der Waals surface area contributed by atoms with Crippen molar-refractivity contribution < 1.29 is 26.4 Å². The average Bonchev–Trinajstić information content (AvgIpc) is 2.72. The van der Waals surface area contributed by atoms with Gasteiger partial charge >= 0.3 is 6.18 Å². The van der Waals surface area contributed by atoms with Crippen molar-refractivity contribution in [3.63, 3.8) is 0 Å². The van der Waals surface area contributed by atoms with Gasteiger partial charge in [-0.05, 0) is 43.3 Å². The molecule has 1 N–H and O–H groups in total. The van der Waals surface area contributed by atoms with E-state index >= 15 is 0 Å². The highest BCUT2D eigenvalue weighted by Crippen LogP contribution is 2.36. The topological polar surface area (TPSA) is 91.7 Å². The van der Waals surface area contributed by atoms with Crippen LogP contribution in [-0.4, -0.2) is 44.0 Å². The van der Waals surface area contributed by atoms with Gasteiger partial charge in [-0.25, -0.2) is 13.4 Å². The molecule has 0 aliphatic carbocycles. The second-order valence-electron chi connectivity index (χ2n) is 7.03. The largest absolute Gasteiger partial charge is 0.417 e. The fraction of sp³-hybridized carbons (Fsp3) is 0.250. The zero-order chi connectivity index (χ0) is 24.6. The zero-order valence-electron chi connectivity index (χ0n) is 17.2. The third-order valence-electron chi connectivity index (χ3n) is 4.55. The zero-order valence-corrected chi connectivity index (χ0v) is 19.5. The molecule has 0 fully saturated rings. The Morgan fingerprint density at radius 2 is 1.94 bits per heavy atom. The molecule has 7 nitrogen and oxygen atoms in total. The molecular weight excluding hydrogens is 504 g/mol. The smallest absolute Gasteiger partial charge is 0.294 e. The molecule has 3 rings (SSSR count). The molecular formula is C20H17Cl2F3N4O3S. The highest BCUT2D eigenvalue weighted by molar-refractivity contribution is 7.89. The SMILES string of the molecule is Cc1cccc(N(C)C(=O)C2=NCC(Cl)C=C2NS(=O)(=O)c2ccc(Cl)c(C(F)(F)F)c2)n1. The fourth-order valence-corrected chi connectivity index (χ4v) is 4.42. The number of halogens is 5. The maximum absolute atomic E-state index is 13.2. The minimum Gasteiger partial charge on any atom is -0.294 e. The molecule has 1 atom stereocenters. The summed E-state index contributed by atoms with van der Waals surface area (Å²) in [6, 6.07) is 7.17. The van der Waals surface area contributed by atoms with Crippen LogP contribution in [0.15, 0.2) is 58.1 Å². The van der Waals surface area contributed by atoms with Crippen molar-refractivity contribution in [3.05, 3.63) is 64.5 Å². The van der Waals surface area contributed by atoms with Crippen LogP contribution in [0.5, 0.6) is 0 Å². The number of anilines is 1. The minimum atomic E-state index is -4.86. The number of alkyl halides is 4. The number of benzene rings is 1. The number of nitrogens with one attached hydrogen (secondary N) is 1. The highest BCUT2D eigenvalue weighted by atomic mass is 35.5. The van der Waals surface area contributed by atoms with Crippen LogP contribution in [0.2, 0.25) is 5.02 Å². The van der Waals surface area contributed by atoms with E-state index in [0.717, 1.165) is 12.1 Å². The number of aromatic nitrogens is 1. The number of amides is 1. The van der Waals surface area contributed by atoms with Crippen LogP contribution in [-0.2, 0) is 21.0 Å². The summed E-state index contributed by atoms with van der Waals surface area (Å²) in [5.41, 5.74) is -1.17. The van der Waals surface area contributed by atoms with Crippen LogP contribution in [0, 0.1) is 6.92 Å². The summed E-state index contributed by atoms with van der Waals surface area (Å²) in [7, 11) is -3.12. The quantitative estimate of drug-likeness (QED) is 0.604. The van der Waals surface area contributed by atoms with Gasteiger partial charge in [0.1, 0.15) is 11.5 Å². The molecule has 0 saturated heterocycles. The van der Waals surface area contributed by atoms with Gasteiger partial charge in [0.2, 0.25) is 0 Å². The molecule has 0 spiro atoms. The van der Waals surface area contributed by atoms with Crippen LogP contribution in [0.4, 0.5) is 19.0 Å². The number of nitrogens with zero attached hydrogens (tertiary/aromatic N) is 3. The van der Waals surface area contributed by atoms with Crippen LogP contribution in [0.3, 0.4) is 0 Å². The van der Waals surface area contributed by atoms with E-state index in [2.05, 4.69) is 14.7 Å². The summed E-state index contributed by atoms with van der Waals surface area (Å²) in [4.78, 5) is 21.8. The Morgan fingerprint density at radius 3 is 2.58 bits per heavy atom. The maximum atomic E-state index is 13.2. The minimum absolute atomic E-state index is 0.00209.